The van der Waals surface area contributed by atoms with Crippen molar-refractivity contribution in [3.63, 3.8) is 0 Å². The van der Waals surface area contributed by atoms with Gasteiger partial charge < -0.3 is 9.67 Å². The Bertz CT molecular complexity index is 617. The zero-order valence-corrected chi connectivity index (χ0v) is 13.9. The number of aliphatic hydroxyl groups is 1. The van der Waals surface area contributed by atoms with Gasteiger partial charge in [-0.15, -0.1) is 0 Å². The predicted octanol–water partition coefficient (Wildman–Crippen LogP) is 4.05. The molecule has 0 saturated carbocycles. The second-order valence-corrected chi connectivity index (χ2v) is 6.11. The SMILES string of the molecule is N#Cc1cc(Br)c(Br)n1[C@@H](CCO)Cc1ccccc1. The lowest BCUT2D eigenvalue weighted by Crippen LogP contribution is -2.15. The molecule has 1 heterocycles. The summed E-state index contributed by atoms with van der Waals surface area (Å²) >= 11 is 6.94. The average Bonchev–Trinajstić information content (AvgIpc) is 2.75. The second kappa shape index (κ2) is 7.07. The van der Waals surface area contributed by atoms with Crippen molar-refractivity contribution in [3.05, 3.63) is 56.7 Å². The first-order valence-corrected chi connectivity index (χ1v) is 7.87. The van der Waals surface area contributed by atoms with Gasteiger partial charge in [0.1, 0.15) is 16.4 Å². The molecule has 5 heteroatoms. The van der Waals surface area contributed by atoms with Crippen LogP contribution in [0.5, 0.6) is 0 Å². The third kappa shape index (κ3) is 3.32. The number of hydrogen-bond acceptors (Lipinski definition) is 2. The molecule has 0 aliphatic rings. The predicted molar refractivity (Wildman–Crippen MR) is 85.4 cm³/mol. The van der Waals surface area contributed by atoms with E-state index in [-0.39, 0.29) is 12.6 Å². The molecule has 1 aromatic carbocycles. The molecule has 0 aliphatic heterocycles. The van der Waals surface area contributed by atoms with E-state index in [0.717, 1.165) is 15.5 Å². The summed E-state index contributed by atoms with van der Waals surface area (Å²) in [7, 11) is 0. The normalized spacial score (nSPS) is 12.1. The van der Waals surface area contributed by atoms with Crippen LogP contribution in [0.4, 0.5) is 0 Å². The molecule has 2 rings (SSSR count). The summed E-state index contributed by atoms with van der Waals surface area (Å²) in [6, 6.07) is 14.1. The number of hydrogen-bond donors (Lipinski definition) is 1. The summed E-state index contributed by atoms with van der Waals surface area (Å²) in [6.45, 7) is 0.0879. The molecule has 0 aliphatic carbocycles. The van der Waals surface area contributed by atoms with E-state index in [9.17, 15) is 10.4 Å². The second-order valence-electron chi connectivity index (χ2n) is 4.51. The Morgan fingerprint density at radius 1 is 1.25 bits per heavy atom. The lowest BCUT2D eigenvalue weighted by molar-refractivity contribution is 0.255. The van der Waals surface area contributed by atoms with Crippen LogP contribution in [-0.2, 0) is 6.42 Å². The van der Waals surface area contributed by atoms with E-state index in [1.54, 1.807) is 6.07 Å². The summed E-state index contributed by atoms with van der Waals surface area (Å²) < 4.78 is 3.63. The van der Waals surface area contributed by atoms with E-state index in [0.29, 0.717) is 12.1 Å². The van der Waals surface area contributed by atoms with Crippen molar-refractivity contribution in [2.75, 3.05) is 6.61 Å². The lowest BCUT2D eigenvalue weighted by atomic mass is 10.0. The van der Waals surface area contributed by atoms with E-state index < -0.39 is 0 Å². The summed E-state index contributed by atoms with van der Waals surface area (Å²) in [5, 5.41) is 18.6. The number of benzene rings is 1. The number of halogens is 2. The monoisotopic (exact) mass is 396 g/mol. The van der Waals surface area contributed by atoms with Crippen LogP contribution in [0.25, 0.3) is 0 Å². The lowest BCUT2D eigenvalue weighted by Gasteiger charge is -2.20. The maximum Gasteiger partial charge on any atom is 0.122 e. The van der Waals surface area contributed by atoms with Gasteiger partial charge in [-0.2, -0.15) is 5.26 Å². The van der Waals surface area contributed by atoms with Gasteiger partial charge in [-0.25, -0.2) is 0 Å². The first-order chi connectivity index (χ1) is 9.67. The van der Waals surface area contributed by atoms with Crippen molar-refractivity contribution in [1.82, 2.24) is 4.57 Å². The van der Waals surface area contributed by atoms with Crippen LogP contribution in [0.1, 0.15) is 23.7 Å². The Morgan fingerprint density at radius 2 is 1.95 bits per heavy atom. The number of nitriles is 1. The summed E-state index contributed by atoms with van der Waals surface area (Å²) in [6.07, 6.45) is 1.37. The first kappa shape index (κ1) is 15.3. The zero-order valence-electron chi connectivity index (χ0n) is 10.8. The van der Waals surface area contributed by atoms with Crippen molar-refractivity contribution < 1.29 is 5.11 Å². The molecular formula is C15H14Br2N2O. The van der Waals surface area contributed by atoms with Crippen LogP contribution in [0.3, 0.4) is 0 Å². The van der Waals surface area contributed by atoms with Crippen molar-refractivity contribution >= 4 is 31.9 Å². The maximum absolute atomic E-state index is 9.31. The molecule has 0 radical (unpaired) electrons. The van der Waals surface area contributed by atoms with E-state index in [2.05, 4.69) is 50.1 Å². The fourth-order valence-electron chi connectivity index (χ4n) is 2.27. The third-order valence-corrected chi connectivity index (χ3v) is 5.13. The van der Waals surface area contributed by atoms with Gasteiger partial charge in [0.05, 0.1) is 4.47 Å². The van der Waals surface area contributed by atoms with Crippen molar-refractivity contribution in [1.29, 1.82) is 5.26 Å². The van der Waals surface area contributed by atoms with Gasteiger partial charge in [0.25, 0.3) is 0 Å². The zero-order chi connectivity index (χ0) is 14.5. The quantitative estimate of drug-likeness (QED) is 0.827. The number of aliphatic hydroxyl groups excluding tert-OH is 1. The number of rotatable bonds is 5. The topological polar surface area (TPSA) is 49.0 Å². The minimum atomic E-state index is 0.0396. The average molecular weight is 398 g/mol. The largest absolute Gasteiger partial charge is 0.396 e. The Kier molecular flexibility index (Phi) is 5.41. The van der Waals surface area contributed by atoms with Crippen LogP contribution in [0.2, 0.25) is 0 Å². The van der Waals surface area contributed by atoms with Gasteiger partial charge in [0.15, 0.2) is 0 Å². The van der Waals surface area contributed by atoms with E-state index >= 15 is 0 Å². The molecule has 2 aromatic rings. The Labute approximate surface area is 135 Å². The van der Waals surface area contributed by atoms with Gasteiger partial charge in [-0.05, 0) is 56.3 Å². The third-order valence-electron chi connectivity index (χ3n) is 3.19. The highest BCUT2D eigenvalue weighted by molar-refractivity contribution is 9.13. The molecule has 104 valence electrons. The molecule has 0 bridgehead atoms. The number of nitrogens with zero attached hydrogens (tertiary/aromatic N) is 2. The Morgan fingerprint density at radius 3 is 2.55 bits per heavy atom. The van der Waals surface area contributed by atoms with Crippen molar-refractivity contribution in [2.24, 2.45) is 0 Å². The van der Waals surface area contributed by atoms with Crippen LogP contribution in [-0.4, -0.2) is 16.3 Å². The van der Waals surface area contributed by atoms with Gasteiger partial charge in [0, 0.05) is 12.6 Å². The molecule has 3 nitrogen and oxygen atoms in total. The van der Waals surface area contributed by atoms with Crippen LogP contribution >= 0.6 is 31.9 Å². The maximum atomic E-state index is 9.31. The summed E-state index contributed by atoms with van der Waals surface area (Å²) in [5.41, 5.74) is 1.77. The minimum Gasteiger partial charge on any atom is -0.396 e. The number of aromatic nitrogens is 1. The van der Waals surface area contributed by atoms with E-state index in [1.165, 1.54) is 5.56 Å². The summed E-state index contributed by atoms with van der Waals surface area (Å²) in [4.78, 5) is 0. The molecule has 0 spiro atoms. The highest BCUT2D eigenvalue weighted by Crippen LogP contribution is 2.32. The van der Waals surface area contributed by atoms with E-state index in [1.807, 2.05) is 22.8 Å². The van der Waals surface area contributed by atoms with Crippen LogP contribution in [0.15, 0.2) is 45.5 Å². The molecule has 0 amide bonds. The minimum absolute atomic E-state index is 0.0396. The standard InChI is InChI=1S/C15H14Br2N2O/c16-14-9-13(10-18)19(15(14)17)12(6-7-20)8-11-4-2-1-3-5-11/h1-5,9,12,20H,6-8H2/t12-/m0/s1. The van der Waals surface area contributed by atoms with Gasteiger partial charge in [-0.1, -0.05) is 30.3 Å². The Balaban J connectivity index is 2.36. The molecule has 0 unspecified atom stereocenters. The van der Waals surface area contributed by atoms with Gasteiger partial charge in [-0.3, -0.25) is 0 Å². The Hall–Kier alpha value is -1.09. The first-order valence-electron chi connectivity index (χ1n) is 6.28. The fraction of sp³-hybridized carbons (Fsp3) is 0.267. The van der Waals surface area contributed by atoms with Crippen LogP contribution in [0, 0.1) is 11.3 Å². The smallest absolute Gasteiger partial charge is 0.122 e. The molecule has 1 atom stereocenters. The van der Waals surface area contributed by atoms with Gasteiger partial charge >= 0.3 is 0 Å². The van der Waals surface area contributed by atoms with Crippen molar-refractivity contribution in [2.45, 2.75) is 18.9 Å². The van der Waals surface area contributed by atoms with E-state index in [4.69, 9.17) is 0 Å². The molecule has 1 aromatic heterocycles. The molecular weight excluding hydrogens is 384 g/mol. The fourth-order valence-corrected chi connectivity index (χ4v) is 3.27. The van der Waals surface area contributed by atoms with Gasteiger partial charge in [0.2, 0.25) is 0 Å². The van der Waals surface area contributed by atoms with Crippen molar-refractivity contribution in [3.8, 4) is 6.07 Å². The molecule has 20 heavy (non-hydrogen) atoms. The molecule has 1 N–H and O–H groups in total. The summed E-state index contributed by atoms with van der Waals surface area (Å²) in [5.74, 6) is 0. The highest BCUT2D eigenvalue weighted by atomic mass is 79.9. The highest BCUT2D eigenvalue weighted by Gasteiger charge is 2.19. The molecule has 0 fully saturated rings. The molecule has 0 saturated heterocycles. The van der Waals surface area contributed by atoms with Crippen LogP contribution < -0.4 is 0 Å².